The van der Waals surface area contributed by atoms with E-state index < -0.39 is 5.54 Å². The van der Waals surface area contributed by atoms with Crippen molar-refractivity contribution in [3.05, 3.63) is 35.4 Å². The third kappa shape index (κ3) is 4.10. The fourth-order valence-corrected chi connectivity index (χ4v) is 2.96. The van der Waals surface area contributed by atoms with Crippen molar-refractivity contribution in [1.29, 1.82) is 5.26 Å². The molecule has 1 aromatic carbocycles. The number of nitrogens with zero attached hydrogens (tertiary/aromatic N) is 1. The Morgan fingerprint density at radius 1 is 1.17 bits per heavy atom. The number of carbonyl (C=O) groups excluding carboxylic acids is 2. The maximum absolute atomic E-state index is 12.6. The fraction of sp³-hybridized carbons (Fsp3) is 0.500. The van der Waals surface area contributed by atoms with Crippen LogP contribution in [0.4, 0.5) is 0 Å². The molecular formula is C18H23N3O2. The van der Waals surface area contributed by atoms with Gasteiger partial charge < -0.3 is 10.6 Å². The average Bonchev–Trinajstić information content (AvgIpc) is 2.60. The van der Waals surface area contributed by atoms with Gasteiger partial charge in [-0.3, -0.25) is 9.59 Å². The van der Waals surface area contributed by atoms with E-state index in [0.717, 1.165) is 25.7 Å². The number of nitriles is 1. The average molecular weight is 313 g/mol. The first-order valence-electron chi connectivity index (χ1n) is 8.22. The molecule has 5 heteroatoms. The summed E-state index contributed by atoms with van der Waals surface area (Å²) in [7, 11) is 0. The number of hydrogen-bond donors (Lipinski definition) is 2. The summed E-state index contributed by atoms with van der Waals surface area (Å²) >= 11 is 0. The van der Waals surface area contributed by atoms with Crippen LogP contribution >= 0.6 is 0 Å². The van der Waals surface area contributed by atoms with Crippen molar-refractivity contribution in [3.8, 4) is 6.07 Å². The summed E-state index contributed by atoms with van der Waals surface area (Å²) in [5, 5.41) is 14.7. The van der Waals surface area contributed by atoms with E-state index in [-0.39, 0.29) is 11.8 Å². The van der Waals surface area contributed by atoms with E-state index in [1.807, 2.05) is 13.0 Å². The van der Waals surface area contributed by atoms with Crippen LogP contribution in [0.2, 0.25) is 0 Å². The van der Waals surface area contributed by atoms with Gasteiger partial charge in [0.1, 0.15) is 5.54 Å². The molecule has 2 rings (SSSR count). The first kappa shape index (κ1) is 17.0. The van der Waals surface area contributed by atoms with Gasteiger partial charge in [0.15, 0.2) is 0 Å². The quantitative estimate of drug-likeness (QED) is 0.876. The summed E-state index contributed by atoms with van der Waals surface area (Å²) in [6.07, 6.45) is 5.18. The van der Waals surface area contributed by atoms with E-state index in [2.05, 4.69) is 10.6 Å². The Morgan fingerprint density at radius 2 is 1.83 bits per heavy atom. The molecule has 0 bridgehead atoms. The lowest BCUT2D eigenvalue weighted by molar-refractivity contribution is -0.128. The number of nitrogens with one attached hydrogen (secondary N) is 2. The highest BCUT2D eigenvalue weighted by Crippen LogP contribution is 2.29. The van der Waals surface area contributed by atoms with Crippen LogP contribution in [-0.4, -0.2) is 23.9 Å². The molecule has 1 aliphatic rings. The highest BCUT2D eigenvalue weighted by molar-refractivity contribution is 5.99. The Balaban J connectivity index is 2.14. The van der Waals surface area contributed by atoms with Crippen LogP contribution in [0.3, 0.4) is 0 Å². The Bertz CT molecular complexity index is 596. The first-order valence-corrected chi connectivity index (χ1v) is 8.22. The van der Waals surface area contributed by atoms with E-state index >= 15 is 0 Å². The van der Waals surface area contributed by atoms with Crippen LogP contribution in [0.25, 0.3) is 0 Å². The molecule has 5 nitrogen and oxygen atoms in total. The first-order chi connectivity index (χ1) is 11.1. The smallest absolute Gasteiger partial charge is 0.252 e. The van der Waals surface area contributed by atoms with Gasteiger partial charge >= 0.3 is 0 Å². The molecule has 1 aliphatic carbocycles. The lowest BCUT2D eigenvalue weighted by atomic mass is 9.80. The van der Waals surface area contributed by atoms with E-state index in [1.54, 1.807) is 24.3 Å². The van der Waals surface area contributed by atoms with Crippen LogP contribution in [0.5, 0.6) is 0 Å². The third-order valence-electron chi connectivity index (χ3n) is 4.31. The molecule has 0 unspecified atom stereocenters. The van der Waals surface area contributed by atoms with E-state index in [0.29, 0.717) is 30.5 Å². The second kappa shape index (κ2) is 7.77. The molecule has 0 spiro atoms. The van der Waals surface area contributed by atoms with Crippen molar-refractivity contribution in [2.24, 2.45) is 0 Å². The third-order valence-corrected chi connectivity index (χ3v) is 4.31. The summed E-state index contributed by atoms with van der Waals surface area (Å²) in [5.41, 5.74) is 0.171. The number of hydrogen-bond acceptors (Lipinski definition) is 3. The normalized spacial score (nSPS) is 16.2. The predicted octanol–water partition coefficient (Wildman–Crippen LogP) is 2.52. The van der Waals surface area contributed by atoms with Gasteiger partial charge in [-0.15, -0.1) is 0 Å². The number of rotatable bonds is 5. The zero-order valence-electron chi connectivity index (χ0n) is 13.5. The summed E-state index contributed by atoms with van der Waals surface area (Å²) in [6, 6.07) is 8.49. The zero-order chi connectivity index (χ0) is 16.7. The predicted molar refractivity (Wildman–Crippen MR) is 87.7 cm³/mol. The van der Waals surface area contributed by atoms with E-state index in [9.17, 15) is 9.59 Å². The maximum atomic E-state index is 12.6. The van der Waals surface area contributed by atoms with Crippen LogP contribution in [0, 0.1) is 11.3 Å². The molecule has 0 aliphatic heterocycles. The van der Waals surface area contributed by atoms with Crippen LogP contribution in [0.15, 0.2) is 24.3 Å². The Hall–Kier alpha value is -2.35. The lowest BCUT2D eigenvalue weighted by Crippen LogP contribution is -2.59. The minimum absolute atomic E-state index is 0.0824. The molecule has 0 radical (unpaired) electrons. The molecule has 0 heterocycles. The highest BCUT2D eigenvalue weighted by atomic mass is 16.2. The largest absolute Gasteiger partial charge is 0.354 e. The number of amides is 2. The minimum Gasteiger partial charge on any atom is -0.354 e. The molecule has 2 amide bonds. The lowest BCUT2D eigenvalue weighted by Gasteiger charge is -2.36. The molecule has 2 N–H and O–H groups in total. The van der Waals surface area contributed by atoms with Crippen molar-refractivity contribution < 1.29 is 9.59 Å². The molecule has 122 valence electrons. The van der Waals surface area contributed by atoms with Crippen LogP contribution < -0.4 is 10.6 Å². The van der Waals surface area contributed by atoms with Gasteiger partial charge in [-0.2, -0.15) is 5.26 Å². The Kier molecular flexibility index (Phi) is 5.75. The van der Waals surface area contributed by atoms with Gasteiger partial charge in [0.2, 0.25) is 5.91 Å². The second-order valence-corrected chi connectivity index (χ2v) is 6.04. The van der Waals surface area contributed by atoms with Gasteiger partial charge in [0.05, 0.1) is 11.6 Å². The highest BCUT2D eigenvalue weighted by Gasteiger charge is 2.40. The number of benzene rings is 1. The molecule has 0 atom stereocenters. The van der Waals surface area contributed by atoms with Gasteiger partial charge in [0, 0.05) is 12.1 Å². The monoisotopic (exact) mass is 313 g/mol. The summed E-state index contributed by atoms with van der Waals surface area (Å²) < 4.78 is 0. The maximum Gasteiger partial charge on any atom is 0.252 e. The molecule has 23 heavy (non-hydrogen) atoms. The molecule has 1 fully saturated rings. The van der Waals surface area contributed by atoms with Crippen LogP contribution in [-0.2, 0) is 4.79 Å². The molecule has 0 saturated heterocycles. The summed E-state index contributed by atoms with van der Waals surface area (Å²) in [4.78, 5) is 25.1. The topological polar surface area (TPSA) is 82.0 Å². The molecule has 1 saturated carbocycles. The van der Waals surface area contributed by atoms with Gasteiger partial charge in [0.25, 0.3) is 5.91 Å². The van der Waals surface area contributed by atoms with E-state index in [4.69, 9.17) is 5.26 Å². The van der Waals surface area contributed by atoms with Crippen molar-refractivity contribution in [2.75, 3.05) is 6.54 Å². The van der Waals surface area contributed by atoms with Gasteiger partial charge in [-0.1, -0.05) is 26.2 Å². The minimum atomic E-state index is -0.807. The van der Waals surface area contributed by atoms with Gasteiger partial charge in [-0.25, -0.2) is 0 Å². The zero-order valence-corrected chi connectivity index (χ0v) is 13.5. The fourth-order valence-electron chi connectivity index (χ4n) is 2.96. The summed E-state index contributed by atoms with van der Waals surface area (Å²) in [5.74, 6) is -0.343. The SMILES string of the molecule is CCCNC(=O)C1(NC(=O)c2ccc(C#N)cc2)CCCCC1. The number of carbonyl (C=O) groups is 2. The standard InChI is InChI=1S/C18H23N3O2/c1-2-12-20-17(23)18(10-4-3-5-11-18)21-16(22)15-8-6-14(13-19)7-9-15/h6-9H,2-5,10-12H2,1H3,(H,20,23)(H,21,22). The van der Waals surface area contributed by atoms with Crippen molar-refractivity contribution >= 4 is 11.8 Å². The van der Waals surface area contributed by atoms with E-state index in [1.165, 1.54) is 0 Å². The molecule has 1 aromatic rings. The van der Waals surface area contributed by atoms with Gasteiger partial charge in [-0.05, 0) is 43.5 Å². The van der Waals surface area contributed by atoms with Crippen LogP contribution in [0.1, 0.15) is 61.4 Å². The molecule has 0 aromatic heterocycles. The van der Waals surface area contributed by atoms with Crippen molar-refractivity contribution in [2.45, 2.75) is 51.0 Å². The van der Waals surface area contributed by atoms with Crippen molar-refractivity contribution in [3.63, 3.8) is 0 Å². The second-order valence-electron chi connectivity index (χ2n) is 6.04. The molecular weight excluding hydrogens is 290 g/mol. The Morgan fingerprint density at radius 3 is 2.39 bits per heavy atom. The Labute approximate surface area is 137 Å². The summed E-state index contributed by atoms with van der Waals surface area (Å²) in [6.45, 7) is 2.62. The van der Waals surface area contributed by atoms with Crippen molar-refractivity contribution in [1.82, 2.24) is 10.6 Å².